The smallest absolute Gasteiger partial charge is 0.348 e. The molecule has 0 radical (unpaired) electrons. The number of hydrogen-bond acceptors (Lipinski definition) is 4. The Balaban J connectivity index is 1.68. The van der Waals surface area contributed by atoms with Crippen LogP contribution in [0.1, 0.15) is 25.7 Å². The zero-order valence-corrected chi connectivity index (χ0v) is 13.2. The highest BCUT2D eigenvalue weighted by Crippen LogP contribution is 2.30. The highest BCUT2D eigenvalue weighted by molar-refractivity contribution is 5.82. The fourth-order valence-electron chi connectivity index (χ4n) is 3.18. The van der Waals surface area contributed by atoms with Gasteiger partial charge in [-0.2, -0.15) is 0 Å². The maximum atomic E-state index is 13.3. The molecular weight excluding hydrogens is 317 g/mol. The summed E-state index contributed by atoms with van der Waals surface area (Å²) in [7, 11) is 0. The van der Waals surface area contributed by atoms with Gasteiger partial charge in [0.15, 0.2) is 0 Å². The van der Waals surface area contributed by atoms with Crippen LogP contribution in [0.2, 0.25) is 0 Å². The molecule has 2 saturated heterocycles. The van der Waals surface area contributed by atoms with Crippen LogP contribution in [0.15, 0.2) is 24.3 Å². The van der Waals surface area contributed by atoms with E-state index in [0.717, 1.165) is 12.5 Å². The number of piperidine rings is 1. The zero-order chi connectivity index (χ0) is 17.2. The van der Waals surface area contributed by atoms with E-state index in [4.69, 9.17) is 9.47 Å². The van der Waals surface area contributed by atoms with Crippen molar-refractivity contribution in [3.8, 4) is 5.75 Å². The molecule has 2 fully saturated rings. The zero-order valence-electron chi connectivity index (χ0n) is 13.2. The number of halogens is 1. The van der Waals surface area contributed by atoms with Gasteiger partial charge < -0.3 is 19.5 Å². The van der Waals surface area contributed by atoms with Gasteiger partial charge in [-0.05, 0) is 25.0 Å². The summed E-state index contributed by atoms with van der Waals surface area (Å²) in [5, 5.41) is 9.61. The third-order valence-electron chi connectivity index (χ3n) is 4.59. The molecule has 0 aliphatic carbocycles. The van der Waals surface area contributed by atoms with Crippen LogP contribution in [-0.4, -0.2) is 53.3 Å². The van der Waals surface area contributed by atoms with Crippen LogP contribution < -0.4 is 4.74 Å². The van der Waals surface area contributed by atoms with Crippen molar-refractivity contribution in [2.75, 3.05) is 19.7 Å². The van der Waals surface area contributed by atoms with E-state index >= 15 is 0 Å². The Morgan fingerprint density at radius 2 is 2.08 bits per heavy atom. The quantitative estimate of drug-likeness (QED) is 0.907. The standard InChI is InChI=1S/C17H20FNO5/c18-12-3-1-4-13(11-12)24-17(16(21)22)6-8-19(9-7-17)15(20)14-5-2-10-23-14/h1,3-4,11,14H,2,5-10H2,(H,21,22)/t14-/m0/s1. The topological polar surface area (TPSA) is 76.1 Å². The van der Waals surface area contributed by atoms with Gasteiger partial charge in [0.1, 0.15) is 17.7 Å². The van der Waals surface area contributed by atoms with Gasteiger partial charge in [0, 0.05) is 38.6 Å². The predicted molar refractivity (Wildman–Crippen MR) is 82.2 cm³/mol. The monoisotopic (exact) mass is 337 g/mol. The third-order valence-corrected chi connectivity index (χ3v) is 4.59. The molecule has 0 aromatic heterocycles. The number of amides is 1. The van der Waals surface area contributed by atoms with E-state index in [1.807, 2.05) is 0 Å². The lowest BCUT2D eigenvalue weighted by atomic mass is 9.90. The minimum Gasteiger partial charge on any atom is -0.478 e. The fourth-order valence-corrected chi connectivity index (χ4v) is 3.18. The van der Waals surface area contributed by atoms with E-state index in [0.29, 0.717) is 13.0 Å². The Hall–Kier alpha value is -2.15. The first-order valence-electron chi connectivity index (χ1n) is 8.08. The van der Waals surface area contributed by atoms with Crippen molar-refractivity contribution in [3.05, 3.63) is 30.1 Å². The van der Waals surface area contributed by atoms with E-state index in [2.05, 4.69) is 0 Å². The highest BCUT2D eigenvalue weighted by Gasteiger charge is 2.45. The molecule has 1 aromatic carbocycles. The maximum Gasteiger partial charge on any atom is 0.348 e. The number of aliphatic carboxylic acids is 1. The Morgan fingerprint density at radius 3 is 2.67 bits per heavy atom. The number of ether oxygens (including phenoxy) is 2. The van der Waals surface area contributed by atoms with Gasteiger partial charge in [-0.15, -0.1) is 0 Å². The van der Waals surface area contributed by atoms with Gasteiger partial charge in [0.05, 0.1) is 0 Å². The lowest BCUT2D eigenvalue weighted by molar-refractivity contribution is -0.163. The number of likely N-dealkylation sites (tertiary alicyclic amines) is 1. The summed E-state index contributed by atoms with van der Waals surface area (Å²) in [6, 6.07) is 5.42. The number of carboxylic acid groups (broad SMARTS) is 1. The minimum absolute atomic E-state index is 0.0859. The molecule has 2 aliphatic rings. The normalized spacial score (nSPS) is 23.0. The predicted octanol–water partition coefficient (Wildman–Crippen LogP) is 1.83. The average Bonchev–Trinajstić information content (AvgIpc) is 3.09. The summed E-state index contributed by atoms with van der Waals surface area (Å²) in [6.07, 6.45) is 1.46. The molecule has 24 heavy (non-hydrogen) atoms. The Bertz CT molecular complexity index is 621. The maximum absolute atomic E-state index is 13.3. The van der Waals surface area contributed by atoms with Crippen molar-refractivity contribution >= 4 is 11.9 Å². The van der Waals surface area contributed by atoms with Crippen LogP contribution in [-0.2, 0) is 14.3 Å². The lowest BCUT2D eigenvalue weighted by Crippen LogP contribution is -2.55. The molecule has 1 N–H and O–H groups in total. The van der Waals surface area contributed by atoms with Crippen molar-refractivity contribution in [2.24, 2.45) is 0 Å². The molecule has 1 amide bonds. The first-order valence-corrected chi connectivity index (χ1v) is 8.08. The third kappa shape index (κ3) is 3.36. The van der Waals surface area contributed by atoms with Gasteiger partial charge in [-0.1, -0.05) is 6.07 Å². The Labute approximate surface area is 139 Å². The molecule has 1 aromatic rings. The molecule has 7 heteroatoms. The summed E-state index contributed by atoms with van der Waals surface area (Å²) in [5.41, 5.74) is -1.44. The number of carbonyl (C=O) groups excluding carboxylic acids is 1. The van der Waals surface area contributed by atoms with E-state index < -0.39 is 23.5 Å². The molecule has 3 rings (SSSR count). The summed E-state index contributed by atoms with van der Waals surface area (Å²) < 4.78 is 24.3. The molecule has 0 unspecified atom stereocenters. The largest absolute Gasteiger partial charge is 0.478 e. The van der Waals surface area contributed by atoms with Crippen molar-refractivity contribution in [1.82, 2.24) is 4.90 Å². The molecule has 6 nitrogen and oxygen atoms in total. The van der Waals surface area contributed by atoms with Gasteiger partial charge in [0.25, 0.3) is 5.91 Å². The van der Waals surface area contributed by atoms with Crippen LogP contribution in [0.25, 0.3) is 0 Å². The number of rotatable bonds is 4. The molecule has 0 saturated carbocycles. The summed E-state index contributed by atoms with van der Waals surface area (Å²) >= 11 is 0. The molecule has 130 valence electrons. The van der Waals surface area contributed by atoms with E-state index in [-0.39, 0.29) is 37.6 Å². The van der Waals surface area contributed by atoms with Crippen LogP contribution in [0.3, 0.4) is 0 Å². The van der Waals surface area contributed by atoms with Gasteiger partial charge in [0.2, 0.25) is 5.60 Å². The molecule has 1 atom stereocenters. The van der Waals surface area contributed by atoms with Gasteiger partial charge >= 0.3 is 5.97 Å². The van der Waals surface area contributed by atoms with Crippen molar-refractivity contribution < 1.29 is 28.6 Å². The molecule has 0 bridgehead atoms. The number of carbonyl (C=O) groups is 2. The number of benzene rings is 1. The van der Waals surface area contributed by atoms with Crippen LogP contribution in [0.4, 0.5) is 4.39 Å². The summed E-state index contributed by atoms with van der Waals surface area (Å²) in [6.45, 7) is 1.15. The van der Waals surface area contributed by atoms with E-state index in [9.17, 15) is 19.1 Å². The average molecular weight is 337 g/mol. The van der Waals surface area contributed by atoms with Crippen molar-refractivity contribution in [3.63, 3.8) is 0 Å². The van der Waals surface area contributed by atoms with Gasteiger partial charge in [-0.3, -0.25) is 4.79 Å². The second-order valence-corrected chi connectivity index (χ2v) is 6.19. The fraction of sp³-hybridized carbons (Fsp3) is 0.529. The van der Waals surface area contributed by atoms with Crippen LogP contribution >= 0.6 is 0 Å². The SMILES string of the molecule is O=C([C@@H]1CCCO1)N1CCC(Oc2cccc(F)c2)(C(=O)O)CC1. The molecule has 2 heterocycles. The second kappa shape index (κ2) is 6.76. The summed E-state index contributed by atoms with van der Waals surface area (Å²) in [5.74, 6) is -1.50. The summed E-state index contributed by atoms with van der Waals surface area (Å²) in [4.78, 5) is 25.7. The lowest BCUT2D eigenvalue weighted by Gasteiger charge is -2.39. The van der Waals surface area contributed by atoms with Crippen LogP contribution in [0.5, 0.6) is 5.75 Å². The van der Waals surface area contributed by atoms with Gasteiger partial charge in [-0.25, -0.2) is 9.18 Å². The number of carboxylic acids is 1. The first-order chi connectivity index (χ1) is 11.5. The van der Waals surface area contributed by atoms with Crippen molar-refractivity contribution in [2.45, 2.75) is 37.4 Å². The minimum atomic E-state index is -1.44. The highest BCUT2D eigenvalue weighted by atomic mass is 19.1. The first kappa shape index (κ1) is 16.7. The molecule has 2 aliphatic heterocycles. The number of nitrogens with zero attached hydrogens (tertiary/aromatic N) is 1. The molecular formula is C17H20FNO5. The van der Waals surface area contributed by atoms with E-state index in [1.54, 1.807) is 4.90 Å². The van der Waals surface area contributed by atoms with Crippen molar-refractivity contribution in [1.29, 1.82) is 0 Å². The Kier molecular flexibility index (Phi) is 4.71. The number of hydrogen-bond donors (Lipinski definition) is 1. The van der Waals surface area contributed by atoms with Crippen LogP contribution in [0, 0.1) is 5.82 Å². The molecule has 0 spiro atoms. The second-order valence-electron chi connectivity index (χ2n) is 6.19. The Morgan fingerprint density at radius 1 is 1.33 bits per heavy atom. The van der Waals surface area contributed by atoms with E-state index in [1.165, 1.54) is 18.2 Å².